The van der Waals surface area contributed by atoms with Crippen molar-refractivity contribution < 1.29 is 19.8 Å². The van der Waals surface area contributed by atoms with Crippen LogP contribution in [0.4, 0.5) is 11.4 Å². The number of nitrogens with one attached hydrogen (secondary N) is 1. The second-order valence-electron chi connectivity index (χ2n) is 13.4. The molecule has 3 rings (SSSR count). The number of carboxylic acids is 2. The fraction of sp³-hybridized carbons (Fsp3) is 0.0625. The summed E-state index contributed by atoms with van der Waals surface area (Å²) in [4.78, 5) is 28.1. The number of fused-ring (bicyclic) bond motifs is 1. The number of nitrogens with zero attached hydrogens (tertiary/aromatic N) is 1. The molecule has 0 saturated heterocycles. The standard InChI is InChI=1S/C9H8N2O2.C7H8N2O2.I106/c1-5-10-7-3-2-6(9(12)13)4-8(7)11-5;8-5-2-1-4(7(10)11)3-6(5)9;1-55(2)57(5)59(7)61(9)63(11)65(13)67(15)69(17)71(19)73(21)75(23)77(25)79(27)81(29)83(31)85(33)87(35)89(37)91(39)93(41)95(43)97(45)99(47)101(49)103(51)105(53)106(54)104(52)102(50)100(48)98(46)96(44)94(42)92(40)90(38)88(36)86(34)84(32)82(30)80(28)78(26)76(24)74(22)72(20)70(18)68(16)66(14)64(12)62(10)60(8)58(6)56(3)4/h2-4H,1H3,(H,10,11)(H,12,13);1-3H,8-9H2,(H,10,11);. The third kappa shape index (κ3) is 79.6. The summed E-state index contributed by atoms with van der Waals surface area (Å²) in [5.74, 6) is -1.14. The molecule has 0 unspecified atom stereocenters. The third-order valence-corrected chi connectivity index (χ3v) is 8430. The summed E-state index contributed by atoms with van der Waals surface area (Å²) in [6.07, 6.45) is 0. The number of aromatic carboxylic acids is 2. The van der Waals surface area contributed by atoms with Gasteiger partial charge in [0.1, 0.15) is 5.82 Å². The molecule has 0 fully saturated rings. The zero-order chi connectivity index (χ0) is 102. The van der Waals surface area contributed by atoms with Gasteiger partial charge in [0.2, 0.25) is 0 Å². The first kappa shape index (κ1) is 202. The van der Waals surface area contributed by atoms with Crippen LogP contribution < -0.4 is 11.5 Å². The van der Waals surface area contributed by atoms with Gasteiger partial charge in [0.15, 0.2) is 0 Å². The van der Waals surface area contributed by atoms with Gasteiger partial charge in [-0.2, -0.15) is 0 Å². The van der Waals surface area contributed by atoms with E-state index >= 15 is 0 Å². The molecule has 0 saturated carbocycles. The van der Waals surface area contributed by atoms with E-state index in [1.54, 1.807) is 18.2 Å². The van der Waals surface area contributed by atoms with E-state index < -0.39 is 422 Å². The van der Waals surface area contributed by atoms with Gasteiger partial charge in [-0.05, 0) is 43.3 Å². The van der Waals surface area contributed by atoms with Gasteiger partial charge in [0.25, 0.3) is 0 Å². The molecule has 0 radical (unpaired) electrons. The van der Waals surface area contributed by atoms with Gasteiger partial charge in [-0.15, -0.1) is 0 Å². The van der Waals surface area contributed by atoms with Gasteiger partial charge in [-0.1, -0.05) is 0 Å². The van der Waals surface area contributed by atoms with Crippen molar-refractivity contribution in [2.45, 2.75) is 6.92 Å². The molecule has 0 spiro atoms. The first-order chi connectivity index (χ1) is 59.5. The second-order valence-corrected chi connectivity index (χ2v) is 2550. The van der Waals surface area contributed by atoms with Crippen LogP contribution in [0.25, 0.3) is 11.0 Å². The summed E-state index contributed by atoms with van der Waals surface area (Å²) in [6.45, 7) is 1.83. The van der Waals surface area contributed by atoms with E-state index in [9.17, 15) is 9.59 Å². The quantitative estimate of drug-likeness (QED) is 0.0278. The van der Waals surface area contributed by atoms with Crippen molar-refractivity contribution in [2.75, 3.05) is 11.5 Å². The molecule has 0 aliphatic carbocycles. The Labute approximate surface area is 1460 Å². The van der Waals surface area contributed by atoms with E-state index in [1.807, 2.05) is 6.92 Å². The van der Waals surface area contributed by atoms with E-state index in [1.165, 1.54) is 18.2 Å². The Morgan fingerprint density at radius 3 is 0.477 bits per heavy atom. The number of H-pyrrole nitrogens is 1. The van der Waals surface area contributed by atoms with E-state index in [-0.39, 0.29) is 11.1 Å². The van der Waals surface area contributed by atoms with Gasteiger partial charge in [-0.3, -0.25) is 0 Å². The number of aryl methyl sites for hydroxylation is 1. The number of imidazole rings is 1. The fourth-order valence-corrected chi connectivity index (χ4v) is 21000. The Morgan fingerprint density at radius 2 is 0.346 bits per heavy atom. The number of carboxylic acid groups (broad SMARTS) is 2. The van der Waals surface area contributed by atoms with Crippen molar-refractivity contribution in [1.82, 2.24) is 9.97 Å². The van der Waals surface area contributed by atoms with Crippen LogP contribution in [-0.2, 0) is 0 Å². The average Bonchev–Trinajstić information content (AvgIpc) is 1.49. The Kier molecular flexibility index (Phi) is 183. The minimum Gasteiger partial charge on any atom is -0.478 e. The molecular formula is C16H16I106N4O4. The Bertz CT molecular complexity index is 3530. The number of nitrogen functional groups attached to an aromatic ring is 2. The number of aromatic amines is 1. The zero-order valence-electron chi connectivity index (χ0n) is 52.8. The van der Waals surface area contributed by atoms with E-state index in [4.69, 9.17) is 21.7 Å². The molecule has 0 aliphatic rings. The monoisotopic (exact) mass is 13800 g/mol. The number of hydrogen-bond donors (Lipinski definition) is 5. The van der Waals surface area contributed by atoms with Crippen LogP contribution in [0.1, 0.15) is 26.5 Å². The van der Waals surface area contributed by atoms with Gasteiger partial charge >= 0.3 is 1430 Å². The Balaban J connectivity index is 0.00000298. The van der Waals surface area contributed by atoms with Gasteiger partial charge < -0.3 is 26.7 Å². The van der Waals surface area contributed by atoms with Crippen molar-refractivity contribution in [1.29, 1.82) is 0 Å². The summed E-state index contributed by atoms with van der Waals surface area (Å²) in [6, 6.07) is 9.04. The Morgan fingerprint density at radius 1 is 0.215 bits per heavy atom. The summed E-state index contributed by atoms with van der Waals surface area (Å²) in [5.41, 5.74) is 13.4. The van der Waals surface area contributed by atoms with Crippen molar-refractivity contribution in [3.8, 4) is 0 Å². The number of anilines is 2. The number of nitrogens with two attached hydrogens (primary N) is 2. The summed E-state index contributed by atoms with van der Waals surface area (Å²) in [7, 11) is -32.2. The van der Waals surface area contributed by atoms with Crippen molar-refractivity contribution in [2.24, 2.45) is 0 Å². The topological polar surface area (TPSA) is 155 Å². The Hall–Kier alpha value is 73.8. The van der Waals surface area contributed by atoms with Gasteiger partial charge in [0.05, 0.1) is 33.5 Å². The number of halogens is 106. The van der Waals surface area contributed by atoms with Gasteiger partial charge in [0, 0.05) is 0 Å². The molecule has 114 heteroatoms. The molecule has 1 heterocycles. The minimum atomic E-state index is -1.00. The number of hydrogen-bond acceptors (Lipinski definition) is 5. The maximum Gasteiger partial charge on any atom is 0.335 e. The molecule has 0 bridgehead atoms. The summed E-state index contributed by atoms with van der Waals surface area (Å²) < 4.78 is 0. The maximum absolute atomic E-state index is 10.6. The largest absolute Gasteiger partial charge is 0.478 e. The van der Waals surface area contributed by atoms with Crippen molar-refractivity contribution >= 4 is 1450 Å². The van der Waals surface area contributed by atoms with E-state index in [0.717, 1.165) is 16.9 Å². The predicted octanol–water partition coefficient (Wildman–Crippen LogP) is 96.0. The fourth-order valence-electron chi connectivity index (χ4n) is 3.52. The molecule has 866 valence electrons. The number of rotatable bonds is 53. The molecule has 0 amide bonds. The predicted molar refractivity (Wildman–Crippen MR) is 1580 cm³/mol. The minimum absolute atomic E-state index is 0.150. The molecular weight excluding hydrogens is 13800 g/mol. The molecule has 8 nitrogen and oxygen atoms in total. The smallest absolute Gasteiger partial charge is 0.335 e. The molecule has 3 aromatic rings. The van der Waals surface area contributed by atoms with Crippen LogP contribution in [0.5, 0.6) is 0 Å². The van der Waals surface area contributed by atoms with Crippen molar-refractivity contribution in [3.63, 3.8) is 0 Å². The molecule has 0 atom stereocenters. The number of benzene rings is 2. The molecule has 1 aromatic heterocycles. The average molecular weight is 13800 g/mol. The van der Waals surface area contributed by atoms with Crippen LogP contribution in [0.2, 0.25) is 0 Å². The number of aromatic nitrogens is 2. The molecule has 7 N–H and O–H groups in total. The second kappa shape index (κ2) is 118. The molecule has 130 heavy (non-hydrogen) atoms. The first-order valence-corrected chi connectivity index (χ1v) is 682. The van der Waals surface area contributed by atoms with E-state index in [0.29, 0.717) is 11.4 Å². The zero-order valence-corrected chi connectivity index (χ0v) is 282. The molecule has 2 aromatic carbocycles. The van der Waals surface area contributed by atoms with Gasteiger partial charge in [-0.25, -0.2) is 14.6 Å². The van der Waals surface area contributed by atoms with Crippen LogP contribution in [0, 0.1) is 6.92 Å². The van der Waals surface area contributed by atoms with Crippen LogP contribution in [0.15, 0.2) is 36.4 Å². The normalized spacial score (nSPS) is 17.5. The van der Waals surface area contributed by atoms with Crippen molar-refractivity contribution in [3.05, 3.63) is 53.3 Å². The van der Waals surface area contributed by atoms with Crippen LogP contribution in [-0.4, -0.2) is 32.1 Å². The van der Waals surface area contributed by atoms with Crippen LogP contribution >= 0.6 is 1420 Å². The molecule has 0 aliphatic heterocycles. The summed E-state index contributed by atoms with van der Waals surface area (Å²) in [5, 5.41) is 17.2. The maximum atomic E-state index is 10.6. The van der Waals surface area contributed by atoms with Crippen LogP contribution in [0.3, 0.4) is 0 Å². The SMILES string of the molecule is Cc1nc2ccc(C(=O)O)cc2[nH]1.II(I)I(I)I(I)I(I)I(I)I(I)I(I)I(I)I(I)I(I)I(I)I(I)I(I)I(I)I(I)I(I)I(I)I(I)I(I)I(I)I(I)I(I)I(I)I(I)I(I)I(I)I(I)I(I)I(I)I(I)I(I)I(I)I(I)I(I)I(I)I(I)I(I)I(I)I(I)I(I)I(I)I(I)I(I)I(I)I(I)I(I)I(I)I(I)I(I)I(I)I(I)I(I)I.Nc1ccc(C(=O)O)cc1N. The summed E-state index contributed by atoms with van der Waals surface area (Å²) >= 11 is 183. The first-order valence-electron chi connectivity index (χ1n) is 21.9. The number of carbonyl (C=O) groups is 2. The third-order valence-electron chi connectivity index (χ3n) is 7.34. The van der Waals surface area contributed by atoms with E-state index in [2.05, 4.69) is 1020 Å².